The number of hydrogen-bond donors (Lipinski definition) is 2. The van der Waals surface area contributed by atoms with E-state index in [2.05, 4.69) is 10.3 Å². The van der Waals surface area contributed by atoms with Crippen LogP contribution in [0, 0.1) is 11.3 Å². The Bertz CT molecular complexity index is 494. The average Bonchev–Trinajstić information content (AvgIpc) is 2.78. The number of likely N-dealkylation sites (tertiary alicyclic amines) is 1. The number of aliphatic hydroxyl groups is 1. The van der Waals surface area contributed by atoms with E-state index in [1.54, 1.807) is 6.07 Å². The molecule has 100 valence electrons. The molecule has 2 N–H and O–H groups in total. The highest BCUT2D eigenvalue weighted by Gasteiger charge is 2.29. The van der Waals surface area contributed by atoms with Crippen molar-refractivity contribution in [2.24, 2.45) is 0 Å². The van der Waals surface area contributed by atoms with E-state index in [4.69, 9.17) is 10.4 Å². The molecule has 6 nitrogen and oxygen atoms in total. The predicted octanol–water partition coefficient (Wildman–Crippen LogP) is -0.252. The van der Waals surface area contributed by atoms with Crippen LogP contribution in [0.15, 0.2) is 18.3 Å². The molecule has 1 aliphatic rings. The van der Waals surface area contributed by atoms with Gasteiger partial charge < -0.3 is 10.4 Å². The zero-order chi connectivity index (χ0) is 13.8. The number of nitriles is 1. The summed E-state index contributed by atoms with van der Waals surface area (Å²) in [5, 5.41) is 20.7. The first kappa shape index (κ1) is 13.5. The molecule has 19 heavy (non-hydrogen) atoms. The number of likely N-dealkylation sites (N-methyl/N-ethyl adjacent to an activating group) is 1. The number of hydrogen-bond acceptors (Lipinski definition) is 5. The smallest absolute Gasteiger partial charge is 0.253 e. The van der Waals surface area contributed by atoms with Crippen molar-refractivity contribution in [1.82, 2.24) is 15.2 Å². The first-order chi connectivity index (χ1) is 9.13. The summed E-state index contributed by atoms with van der Waals surface area (Å²) in [5.41, 5.74) is 0.728. The molecule has 0 saturated carbocycles. The van der Waals surface area contributed by atoms with Gasteiger partial charge in [0, 0.05) is 24.8 Å². The van der Waals surface area contributed by atoms with Gasteiger partial charge in [-0.2, -0.15) is 5.26 Å². The van der Waals surface area contributed by atoms with E-state index in [1.807, 2.05) is 18.0 Å². The summed E-state index contributed by atoms with van der Waals surface area (Å²) >= 11 is 0. The van der Waals surface area contributed by atoms with E-state index in [0.717, 1.165) is 13.0 Å². The maximum absolute atomic E-state index is 12.0. The molecule has 1 aliphatic heterocycles. The van der Waals surface area contributed by atoms with Crippen LogP contribution in [-0.2, 0) is 0 Å². The highest BCUT2D eigenvalue weighted by atomic mass is 16.3. The van der Waals surface area contributed by atoms with Crippen molar-refractivity contribution < 1.29 is 9.90 Å². The lowest BCUT2D eigenvalue weighted by atomic mass is 10.1. The predicted molar refractivity (Wildman–Crippen MR) is 68.3 cm³/mol. The van der Waals surface area contributed by atoms with Crippen LogP contribution >= 0.6 is 0 Å². The van der Waals surface area contributed by atoms with Gasteiger partial charge in [-0.1, -0.05) is 0 Å². The molecular formula is C13H16N4O2. The number of pyridine rings is 1. The lowest BCUT2D eigenvalue weighted by Gasteiger charge is -2.15. The second kappa shape index (κ2) is 5.78. The Hall–Kier alpha value is -1.97. The van der Waals surface area contributed by atoms with Crippen molar-refractivity contribution in [2.75, 3.05) is 20.2 Å². The SMILES string of the molecule is CN1C[C@H](NC(=O)c2ccc(C#N)nc2)C[C@H]1CO. The molecule has 1 saturated heterocycles. The quantitative estimate of drug-likeness (QED) is 0.782. The van der Waals surface area contributed by atoms with Gasteiger partial charge in [-0.25, -0.2) is 4.98 Å². The number of carbonyl (C=O) groups is 1. The van der Waals surface area contributed by atoms with Crippen molar-refractivity contribution in [2.45, 2.75) is 18.5 Å². The summed E-state index contributed by atoms with van der Waals surface area (Å²) < 4.78 is 0. The highest BCUT2D eigenvalue weighted by Crippen LogP contribution is 2.15. The van der Waals surface area contributed by atoms with Gasteiger partial charge in [0.25, 0.3) is 5.91 Å². The molecule has 0 spiro atoms. The van der Waals surface area contributed by atoms with Crippen molar-refractivity contribution in [3.8, 4) is 6.07 Å². The second-order valence-corrected chi connectivity index (χ2v) is 4.73. The highest BCUT2D eigenvalue weighted by molar-refractivity contribution is 5.94. The van der Waals surface area contributed by atoms with E-state index >= 15 is 0 Å². The molecule has 0 radical (unpaired) electrons. The van der Waals surface area contributed by atoms with Gasteiger partial charge in [-0.15, -0.1) is 0 Å². The average molecular weight is 260 g/mol. The molecule has 0 unspecified atom stereocenters. The Morgan fingerprint density at radius 3 is 3.00 bits per heavy atom. The number of carbonyl (C=O) groups excluding carboxylic acids is 1. The molecule has 1 aromatic heterocycles. The molecule has 0 aromatic carbocycles. The van der Waals surface area contributed by atoms with Crippen molar-refractivity contribution in [3.63, 3.8) is 0 Å². The van der Waals surface area contributed by atoms with Crippen molar-refractivity contribution in [3.05, 3.63) is 29.6 Å². The summed E-state index contributed by atoms with van der Waals surface area (Å²) in [7, 11) is 1.93. The normalized spacial score (nSPS) is 23.0. The molecule has 1 fully saturated rings. The molecule has 1 aromatic rings. The Labute approximate surface area is 111 Å². The second-order valence-electron chi connectivity index (χ2n) is 4.73. The van der Waals surface area contributed by atoms with Crippen LogP contribution in [0.25, 0.3) is 0 Å². The number of rotatable bonds is 3. The van der Waals surface area contributed by atoms with Crippen LogP contribution in [0.5, 0.6) is 0 Å². The lowest BCUT2D eigenvalue weighted by molar-refractivity contribution is 0.0938. The van der Waals surface area contributed by atoms with E-state index in [0.29, 0.717) is 5.56 Å². The summed E-state index contributed by atoms with van der Waals surface area (Å²) in [5.74, 6) is -0.200. The van der Waals surface area contributed by atoms with Gasteiger partial charge >= 0.3 is 0 Å². The van der Waals surface area contributed by atoms with E-state index in [-0.39, 0.29) is 30.3 Å². The third kappa shape index (κ3) is 3.08. The zero-order valence-electron chi connectivity index (χ0n) is 10.7. The van der Waals surface area contributed by atoms with Crippen molar-refractivity contribution in [1.29, 1.82) is 5.26 Å². The number of nitrogens with zero attached hydrogens (tertiary/aromatic N) is 3. The van der Waals surface area contributed by atoms with E-state index < -0.39 is 0 Å². The fraction of sp³-hybridized carbons (Fsp3) is 0.462. The Balaban J connectivity index is 1.96. The maximum atomic E-state index is 12.0. The molecule has 0 bridgehead atoms. The van der Waals surface area contributed by atoms with Gasteiger partial charge in [0.1, 0.15) is 11.8 Å². The van der Waals surface area contributed by atoms with E-state index in [1.165, 1.54) is 12.3 Å². The zero-order valence-corrected chi connectivity index (χ0v) is 10.7. The van der Waals surface area contributed by atoms with Crippen molar-refractivity contribution >= 4 is 5.91 Å². The third-order valence-electron chi connectivity index (χ3n) is 3.37. The van der Waals surface area contributed by atoms with Gasteiger partial charge in [0.15, 0.2) is 0 Å². The van der Waals surface area contributed by atoms with Gasteiger partial charge in [0.2, 0.25) is 0 Å². The number of amides is 1. The monoisotopic (exact) mass is 260 g/mol. The first-order valence-corrected chi connectivity index (χ1v) is 6.12. The van der Waals surface area contributed by atoms with Crippen LogP contribution in [0.2, 0.25) is 0 Å². The molecule has 2 atom stereocenters. The third-order valence-corrected chi connectivity index (χ3v) is 3.37. The fourth-order valence-electron chi connectivity index (χ4n) is 2.26. The molecule has 2 heterocycles. The van der Waals surface area contributed by atoms with Gasteiger partial charge in [-0.05, 0) is 25.6 Å². The van der Waals surface area contributed by atoms with E-state index in [9.17, 15) is 4.79 Å². The number of nitrogens with one attached hydrogen (secondary N) is 1. The fourth-order valence-corrected chi connectivity index (χ4v) is 2.26. The Morgan fingerprint density at radius 1 is 1.68 bits per heavy atom. The van der Waals surface area contributed by atoms with Crippen LogP contribution in [0.1, 0.15) is 22.5 Å². The van der Waals surface area contributed by atoms with Crippen LogP contribution < -0.4 is 5.32 Å². The largest absolute Gasteiger partial charge is 0.395 e. The Kier molecular flexibility index (Phi) is 4.10. The summed E-state index contributed by atoms with van der Waals surface area (Å²) in [4.78, 5) is 17.9. The number of aromatic nitrogens is 1. The summed E-state index contributed by atoms with van der Waals surface area (Å²) in [6.45, 7) is 0.821. The maximum Gasteiger partial charge on any atom is 0.253 e. The standard InChI is InChI=1S/C13H16N4O2/c1-17-7-11(4-12(17)8-18)16-13(19)9-2-3-10(5-14)15-6-9/h2-3,6,11-12,18H,4,7-8H2,1H3,(H,16,19)/t11-,12+/m1/s1. The molecule has 0 aliphatic carbocycles. The molecule has 2 rings (SSSR count). The molecular weight excluding hydrogens is 244 g/mol. The van der Waals surface area contributed by atoms with Crippen LogP contribution in [0.4, 0.5) is 0 Å². The lowest BCUT2D eigenvalue weighted by Crippen LogP contribution is -2.36. The first-order valence-electron chi connectivity index (χ1n) is 6.12. The summed E-state index contributed by atoms with van der Waals surface area (Å²) in [6.07, 6.45) is 2.14. The number of aliphatic hydroxyl groups excluding tert-OH is 1. The minimum absolute atomic E-state index is 0.0327. The molecule has 6 heteroatoms. The van der Waals surface area contributed by atoms with Crippen LogP contribution in [-0.4, -0.2) is 53.2 Å². The van der Waals surface area contributed by atoms with Crippen LogP contribution in [0.3, 0.4) is 0 Å². The molecule has 1 amide bonds. The Morgan fingerprint density at radius 2 is 2.47 bits per heavy atom. The van der Waals surface area contributed by atoms with Gasteiger partial charge in [-0.3, -0.25) is 9.69 Å². The van der Waals surface area contributed by atoms with Gasteiger partial charge in [0.05, 0.1) is 12.2 Å². The minimum atomic E-state index is -0.200. The topological polar surface area (TPSA) is 89.3 Å². The summed E-state index contributed by atoms with van der Waals surface area (Å²) in [6, 6.07) is 5.15. The minimum Gasteiger partial charge on any atom is -0.395 e.